The molecule has 33 heavy (non-hydrogen) atoms. The lowest BCUT2D eigenvalue weighted by Gasteiger charge is -2.19. The monoisotopic (exact) mass is 440 g/mol. The summed E-state index contributed by atoms with van der Waals surface area (Å²) < 4.78 is 0. The van der Waals surface area contributed by atoms with E-state index in [4.69, 9.17) is 0 Å². The number of benzene rings is 3. The molecule has 2 amide bonds. The summed E-state index contributed by atoms with van der Waals surface area (Å²) in [5.41, 5.74) is 5.40. The van der Waals surface area contributed by atoms with Crippen LogP contribution in [0.4, 0.5) is 11.4 Å². The number of rotatable bonds is 6. The molecule has 2 N–H and O–H groups in total. The molecule has 4 heteroatoms. The molecule has 0 bridgehead atoms. The second kappa shape index (κ2) is 10.3. The van der Waals surface area contributed by atoms with E-state index >= 15 is 0 Å². The fourth-order valence-electron chi connectivity index (χ4n) is 3.31. The molecule has 0 aromatic heterocycles. The van der Waals surface area contributed by atoms with Crippen LogP contribution in [-0.4, -0.2) is 11.8 Å². The Labute approximate surface area is 196 Å². The summed E-state index contributed by atoms with van der Waals surface area (Å²) in [6.45, 7) is 10.7. The van der Waals surface area contributed by atoms with Crippen molar-refractivity contribution in [1.82, 2.24) is 0 Å². The van der Waals surface area contributed by atoms with Gasteiger partial charge in [0.2, 0.25) is 5.91 Å². The normalized spacial score (nSPS) is 11.6. The molecule has 0 radical (unpaired) electrons. The van der Waals surface area contributed by atoms with E-state index in [1.165, 1.54) is 17.2 Å². The molecule has 170 valence electrons. The third-order valence-electron chi connectivity index (χ3n) is 5.45. The van der Waals surface area contributed by atoms with Gasteiger partial charge in [0.25, 0.3) is 5.91 Å². The van der Waals surface area contributed by atoms with E-state index in [1.807, 2.05) is 36.4 Å². The van der Waals surface area contributed by atoms with Crippen LogP contribution in [0.1, 0.15) is 67.6 Å². The smallest absolute Gasteiger partial charge is 0.255 e. The van der Waals surface area contributed by atoms with E-state index in [1.54, 1.807) is 30.3 Å². The Morgan fingerprint density at radius 2 is 1.30 bits per heavy atom. The Kier molecular flexibility index (Phi) is 7.49. The maximum Gasteiger partial charge on any atom is 0.255 e. The van der Waals surface area contributed by atoms with Crippen molar-refractivity contribution >= 4 is 29.3 Å². The highest BCUT2D eigenvalue weighted by molar-refractivity contribution is 6.05. The molecular weight excluding hydrogens is 408 g/mol. The number of carbonyl (C=O) groups excluding carboxylic acids is 2. The zero-order chi connectivity index (χ0) is 24.0. The van der Waals surface area contributed by atoms with Crippen molar-refractivity contribution in [3.8, 4) is 0 Å². The molecular formula is C29H32N2O2. The Morgan fingerprint density at radius 3 is 1.82 bits per heavy atom. The summed E-state index contributed by atoms with van der Waals surface area (Å²) in [6.07, 6.45) is 3.31. The highest BCUT2D eigenvalue weighted by Gasteiger charge is 2.14. The van der Waals surface area contributed by atoms with Crippen molar-refractivity contribution in [2.24, 2.45) is 0 Å². The Hall–Kier alpha value is -3.66. The van der Waals surface area contributed by atoms with Gasteiger partial charge in [-0.15, -0.1) is 0 Å². The van der Waals surface area contributed by atoms with Crippen molar-refractivity contribution in [2.45, 2.75) is 46.0 Å². The SMILES string of the molecule is CC(C)c1ccc(/C=C/C(=O)Nc2ccc(NC(=O)c3ccc(C(C)(C)C)cc3)cc2)cc1. The maximum absolute atomic E-state index is 12.5. The van der Waals surface area contributed by atoms with E-state index in [9.17, 15) is 9.59 Å². The second-order valence-corrected chi connectivity index (χ2v) is 9.50. The molecule has 0 heterocycles. The van der Waals surface area contributed by atoms with Gasteiger partial charge in [0, 0.05) is 23.0 Å². The summed E-state index contributed by atoms with van der Waals surface area (Å²) in [5.74, 6) is 0.102. The van der Waals surface area contributed by atoms with Gasteiger partial charge in [-0.3, -0.25) is 9.59 Å². The highest BCUT2D eigenvalue weighted by Crippen LogP contribution is 2.23. The van der Waals surface area contributed by atoms with E-state index in [0.717, 1.165) is 5.56 Å². The zero-order valence-corrected chi connectivity index (χ0v) is 20.0. The molecule has 0 aliphatic carbocycles. The van der Waals surface area contributed by atoms with Crippen molar-refractivity contribution in [3.05, 3.63) is 101 Å². The van der Waals surface area contributed by atoms with Gasteiger partial charge in [-0.25, -0.2) is 0 Å². The van der Waals surface area contributed by atoms with Gasteiger partial charge in [0.05, 0.1) is 0 Å². The van der Waals surface area contributed by atoms with Gasteiger partial charge < -0.3 is 10.6 Å². The lowest BCUT2D eigenvalue weighted by atomic mass is 9.87. The Morgan fingerprint density at radius 1 is 0.758 bits per heavy atom. The van der Waals surface area contributed by atoms with Crippen molar-refractivity contribution in [2.75, 3.05) is 10.6 Å². The first-order valence-electron chi connectivity index (χ1n) is 11.2. The van der Waals surface area contributed by atoms with Gasteiger partial charge in [0.15, 0.2) is 0 Å². The maximum atomic E-state index is 12.5. The van der Waals surface area contributed by atoms with Crippen LogP contribution in [0.5, 0.6) is 0 Å². The van der Waals surface area contributed by atoms with Crippen molar-refractivity contribution in [3.63, 3.8) is 0 Å². The van der Waals surface area contributed by atoms with Gasteiger partial charge in [-0.1, -0.05) is 71.0 Å². The fourth-order valence-corrected chi connectivity index (χ4v) is 3.31. The molecule has 0 aliphatic rings. The minimum atomic E-state index is -0.210. The molecule has 0 atom stereocenters. The minimum absolute atomic E-state index is 0.0445. The van der Waals surface area contributed by atoms with E-state index in [2.05, 4.69) is 57.4 Å². The molecule has 0 aliphatic heterocycles. The highest BCUT2D eigenvalue weighted by atomic mass is 16.2. The standard InChI is InChI=1S/C29H32N2O2/c1-20(2)22-9-6-21(7-10-22)8-19-27(32)30-25-15-17-26(18-16-25)31-28(33)23-11-13-24(14-12-23)29(3,4)5/h6-20H,1-5H3,(H,30,32)(H,31,33)/b19-8+. The largest absolute Gasteiger partial charge is 0.323 e. The molecule has 4 nitrogen and oxygen atoms in total. The van der Waals surface area contributed by atoms with Crippen molar-refractivity contribution < 1.29 is 9.59 Å². The fraction of sp³-hybridized carbons (Fsp3) is 0.241. The molecule has 0 spiro atoms. The summed E-state index contributed by atoms with van der Waals surface area (Å²) in [5, 5.41) is 5.73. The predicted octanol–water partition coefficient (Wildman–Crippen LogP) is 7.01. The third-order valence-corrected chi connectivity index (χ3v) is 5.45. The number of hydrogen-bond acceptors (Lipinski definition) is 2. The quantitative estimate of drug-likeness (QED) is 0.405. The minimum Gasteiger partial charge on any atom is -0.323 e. The average Bonchev–Trinajstić information content (AvgIpc) is 2.79. The molecule has 0 fully saturated rings. The Bertz CT molecular complexity index is 1120. The molecule has 3 aromatic carbocycles. The summed E-state index contributed by atoms with van der Waals surface area (Å²) in [6, 6.07) is 22.9. The average molecular weight is 441 g/mol. The number of nitrogens with one attached hydrogen (secondary N) is 2. The van der Waals surface area contributed by atoms with Crippen LogP contribution in [0.25, 0.3) is 6.08 Å². The van der Waals surface area contributed by atoms with Gasteiger partial charge in [-0.05, 0) is 70.5 Å². The topological polar surface area (TPSA) is 58.2 Å². The second-order valence-electron chi connectivity index (χ2n) is 9.50. The van der Waals surface area contributed by atoms with Crippen LogP contribution in [0.2, 0.25) is 0 Å². The van der Waals surface area contributed by atoms with Crippen LogP contribution in [0.3, 0.4) is 0 Å². The van der Waals surface area contributed by atoms with Crippen LogP contribution in [0.15, 0.2) is 78.9 Å². The Balaban J connectivity index is 1.55. The van der Waals surface area contributed by atoms with Crippen LogP contribution in [0, 0.1) is 0 Å². The van der Waals surface area contributed by atoms with E-state index in [-0.39, 0.29) is 17.2 Å². The summed E-state index contributed by atoms with van der Waals surface area (Å²) in [7, 11) is 0. The number of amides is 2. The molecule has 3 aromatic rings. The van der Waals surface area contributed by atoms with Gasteiger partial charge in [0.1, 0.15) is 0 Å². The molecule has 0 unspecified atom stereocenters. The van der Waals surface area contributed by atoms with Gasteiger partial charge in [-0.2, -0.15) is 0 Å². The first-order valence-corrected chi connectivity index (χ1v) is 11.2. The summed E-state index contributed by atoms with van der Waals surface area (Å²) in [4.78, 5) is 24.8. The first-order chi connectivity index (χ1) is 15.6. The number of anilines is 2. The molecule has 3 rings (SSSR count). The zero-order valence-electron chi connectivity index (χ0n) is 20.0. The van der Waals surface area contributed by atoms with Gasteiger partial charge >= 0.3 is 0 Å². The number of hydrogen-bond donors (Lipinski definition) is 2. The third kappa shape index (κ3) is 6.91. The van der Waals surface area contributed by atoms with E-state index < -0.39 is 0 Å². The van der Waals surface area contributed by atoms with Crippen molar-refractivity contribution in [1.29, 1.82) is 0 Å². The predicted molar refractivity (Wildman–Crippen MR) is 138 cm³/mol. The lowest BCUT2D eigenvalue weighted by Crippen LogP contribution is -2.14. The van der Waals surface area contributed by atoms with Crippen LogP contribution >= 0.6 is 0 Å². The van der Waals surface area contributed by atoms with Crippen LogP contribution < -0.4 is 10.6 Å². The first kappa shape index (κ1) is 24.0. The lowest BCUT2D eigenvalue weighted by molar-refractivity contribution is -0.111. The molecule has 0 saturated heterocycles. The molecule has 0 saturated carbocycles. The summed E-state index contributed by atoms with van der Waals surface area (Å²) >= 11 is 0. The number of carbonyl (C=O) groups is 2. The van der Waals surface area contributed by atoms with Crippen LogP contribution in [-0.2, 0) is 10.2 Å². The van der Waals surface area contributed by atoms with E-state index in [0.29, 0.717) is 22.9 Å².